The number of carbonyl (C=O) groups excluding carboxylic acids is 2. The van der Waals surface area contributed by atoms with Crippen molar-refractivity contribution in [2.75, 3.05) is 77.9 Å². The van der Waals surface area contributed by atoms with Crippen molar-refractivity contribution in [2.45, 2.75) is 155 Å². The lowest BCUT2D eigenvalue weighted by molar-refractivity contribution is 0.0661. The minimum Gasteiger partial charge on any atom is -0.497 e. The third kappa shape index (κ3) is 13.0. The maximum atomic E-state index is 14.6. The molecule has 3 saturated heterocycles. The highest BCUT2D eigenvalue weighted by atomic mass is 16.5. The van der Waals surface area contributed by atoms with Crippen LogP contribution in [0.2, 0.25) is 0 Å². The van der Waals surface area contributed by atoms with Crippen LogP contribution in [-0.4, -0.2) is 123 Å². The molecule has 3 unspecified atom stereocenters. The first-order valence-electron chi connectivity index (χ1n) is 29.6. The molecular weight excluding hydrogens is 919 g/mol. The Morgan fingerprint density at radius 1 is 0.703 bits per heavy atom. The minimum absolute atomic E-state index is 0.156. The molecule has 5 fully saturated rings. The second kappa shape index (κ2) is 24.8. The smallest absolute Gasteiger partial charge is 0.254 e. The molecule has 3 atom stereocenters. The number of pyridine rings is 2. The van der Waals surface area contributed by atoms with Gasteiger partial charge in [-0.25, -0.2) is 9.03 Å². The highest BCUT2D eigenvalue weighted by Gasteiger charge is 2.35. The lowest BCUT2D eigenvalue weighted by Gasteiger charge is -2.33. The number of methoxy groups -OCH3 is 1. The van der Waals surface area contributed by atoms with Gasteiger partial charge in [0.15, 0.2) is 5.82 Å². The van der Waals surface area contributed by atoms with Crippen LogP contribution in [0.3, 0.4) is 0 Å². The number of amides is 2. The minimum atomic E-state index is 0.156. The number of nitrogens with one attached hydrogen (secondary N) is 1. The van der Waals surface area contributed by atoms with Crippen molar-refractivity contribution in [3.63, 3.8) is 0 Å². The van der Waals surface area contributed by atoms with E-state index in [1.54, 1.807) is 7.11 Å². The molecule has 5 aliphatic rings. The number of aromatic nitrogens is 4. The van der Waals surface area contributed by atoms with Crippen molar-refractivity contribution < 1.29 is 14.3 Å². The normalized spacial score (nSPS) is 20.7. The van der Waals surface area contributed by atoms with E-state index in [0.717, 1.165) is 136 Å². The number of likely N-dealkylation sites (tertiary alicyclic amines) is 3. The van der Waals surface area contributed by atoms with Crippen molar-refractivity contribution in [3.05, 3.63) is 88.9 Å². The Morgan fingerprint density at radius 2 is 1.32 bits per heavy atom. The second-order valence-electron chi connectivity index (χ2n) is 24.1. The van der Waals surface area contributed by atoms with Gasteiger partial charge in [-0.1, -0.05) is 46.5 Å². The first-order chi connectivity index (χ1) is 36.1. The summed E-state index contributed by atoms with van der Waals surface area (Å²) in [6, 6.07) is 16.3. The third-order valence-corrected chi connectivity index (χ3v) is 18.1. The van der Waals surface area contributed by atoms with Crippen LogP contribution in [0.5, 0.6) is 5.75 Å². The van der Waals surface area contributed by atoms with Gasteiger partial charge in [-0.05, 0) is 220 Å². The topological polar surface area (TPSA) is 103 Å². The van der Waals surface area contributed by atoms with Crippen molar-refractivity contribution >= 4 is 34.4 Å². The van der Waals surface area contributed by atoms with Crippen LogP contribution in [0.15, 0.2) is 60.9 Å². The molecule has 12 nitrogen and oxygen atoms in total. The Kier molecular flexibility index (Phi) is 17.6. The Bertz CT molecular complexity index is 2610. The zero-order valence-electron chi connectivity index (χ0n) is 45.8. The number of nitrogens with zero attached hydrogens (tertiary/aromatic N) is 8. The molecule has 4 aromatic heterocycles. The number of aryl methyl sites for hydroxylation is 2. The van der Waals surface area contributed by atoms with Gasteiger partial charge < -0.3 is 29.7 Å². The Labute approximate surface area is 442 Å². The lowest BCUT2D eigenvalue weighted by Crippen LogP contribution is -2.40. The number of rotatable bonds is 22. The number of benzene rings is 1. The van der Waals surface area contributed by atoms with Gasteiger partial charge in [-0.15, -0.1) is 5.10 Å². The van der Waals surface area contributed by atoms with Crippen LogP contribution in [0.1, 0.15) is 180 Å². The van der Waals surface area contributed by atoms with Crippen LogP contribution in [0.4, 0.5) is 11.5 Å². The molecule has 2 amide bonds. The maximum Gasteiger partial charge on any atom is 0.254 e. The summed E-state index contributed by atoms with van der Waals surface area (Å²) in [5.74, 6) is 5.65. The average Bonchev–Trinajstić information content (AvgIpc) is 4.09. The summed E-state index contributed by atoms with van der Waals surface area (Å²) < 4.78 is 9.47. The van der Waals surface area contributed by atoms with E-state index < -0.39 is 0 Å². The van der Waals surface area contributed by atoms with Crippen LogP contribution in [-0.2, 0) is 12.8 Å². The molecule has 10 rings (SSSR count). The fourth-order valence-corrected chi connectivity index (χ4v) is 13.7. The van der Waals surface area contributed by atoms with E-state index in [4.69, 9.17) is 14.9 Å². The summed E-state index contributed by atoms with van der Waals surface area (Å²) in [6.45, 7) is 17.3. The highest BCUT2D eigenvalue weighted by Crippen LogP contribution is 2.38. The SMILES string of the molecule is COc1ccc(Nc2nn3ccc(C(=O)N4CC5CCC(C5)C4)cc3c2CCCN2CCC(CC(C)CCN(CCC(C)C)C(=O)c3ccn4nc(C5CCCCC5)c(CCCN5CCCCC5)c4c3)CC2)cc1. The molecule has 1 aromatic carbocycles. The van der Waals surface area contributed by atoms with Gasteiger partial charge in [-0.2, -0.15) is 5.10 Å². The van der Waals surface area contributed by atoms with E-state index in [0.29, 0.717) is 35.5 Å². The number of hydrogen-bond donors (Lipinski definition) is 1. The zero-order chi connectivity index (χ0) is 51.0. The average molecular weight is 1010 g/mol. The lowest BCUT2D eigenvalue weighted by atomic mass is 9.84. The summed E-state index contributed by atoms with van der Waals surface area (Å²) >= 11 is 0. The van der Waals surface area contributed by atoms with Crippen molar-refractivity contribution in [1.29, 1.82) is 0 Å². The Hall–Kier alpha value is -4.94. The maximum absolute atomic E-state index is 14.6. The van der Waals surface area contributed by atoms with E-state index in [9.17, 15) is 9.59 Å². The molecule has 3 aliphatic heterocycles. The van der Waals surface area contributed by atoms with Crippen LogP contribution in [0, 0.1) is 29.6 Å². The number of fused-ring (bicyclic) bond motifs is 4. The summed E-state index contributed by atoms with van der Waals surface area (Å²) in [6.07, 6.45) is 28.0. The van der Waals surface area contributed by atoms with Crippen LogP contribution in [0.25, 0.3) is 11.0 Å². The van der Waals surface area contributed by atoms with E-state index in [1.165, 1.54) is 114 Å². The molecule has 0 radical (unpaired) electrons. The number of piperidine rings is 3. The Balaban J connectivity index is 0.741. The quantitative estimate of drug-likeness (QED) is 0.0731. The van der Waals surface area contributed by atoms with E-state index in [2.05, 4.69) is 68.5 Å². The summed E-state index contributed by atoms with van der Waals surface area (Å²) in [4.78, 5) is 38.1. The monoisotopic (exact) mass is 1010 g/mol. The first kappa shape index (κ1) is 52.5. The predicted molar refractivity (Wildman–Crippen MR) is 299 cm³/mol. The van der Waals surface area contributed by atoms with Gasteiger partial charge in [0.1, 0.15) is 5.75 Å². The van der Waals surface area contributed by atoms with Crippen molar-refractivity contribution in [2.24, 2.45) is 29.6 Å². The van der Waals surface area contributed by atoms with Crippen LogP contribution >= 0.6 is 0 Å². The molecular formula is C62H89N9O3. The fourth-order valence-electron chi connectivity index (χ4n) is 13.7. The van der Waals surface area contributed by atoms with Crippen molar-refractivity contribution in [1.82, 2.24) is 38.8 Å². The first-order valence-corrected chi connectivity index (χ1v) is 29.6. The molecule has 2 saturated carbocycles. The van der Waals surface area contributed by atoms with Gasteiger partial charge in [0.2, 0.25) is 0 Å². The highest BCUT2D eigenvalue weighted by molar-refractivity contribution is 5.96. The number of ether oxygens (including phenoxy) is 1. The van der Waals surface area contributed by atoms with Gasteiger partial charge in [0, 0.05) is 72.4 Å². The molecule has 2 aliphatic carbocycles. The predicted octanol–water partition coefficient (Wildman–Crippen LogP) is 12.3. The largest absolute Gasteiger partial charge is 0.497 e. The number of hydrogen-bond acceptors (Lipinski definition) is 8. The molecule has 400 valence electrons. The molecule has 2 bridgehead atoms. The summed E-state index contributed by atoms with van der Waals surface area (Å²) in [7, 11) is 1.69. The standard InChI is InChI=1S/C62H89N9O3/c1-45(2)23-35-68(61(72)51-27-37-70-57(41-51)55(15-11-31-66-29-9-6-10-30-66)59(64-70)50-13-7-5-8-14-50)36-24-46(3)39-47-25-33-67(34-26-47)32-12-16-56-58-42-52(62(73)69-43-48-17-18-49(40-48)44-69)28-38-71(58)65-60(56)63-53-19-21-54(74-4)22-20-53/h19-22,27-28,37-38,41-42,45-50H,5-18,23-26,29-36,39-40,43-44H2,1-4H3,(H,63,65). The van der Waals surface area contributed by atoms with Gasteiger partial charge in [-0.3, -0.25) is 9.59 Å². The molecule has 7 heterocycles. The van der Waals surface area contributed by atoms with Gasteiger partial charge >= 0.3 is 0 Å². The molecule has 0 spiro atoms. The molecule has 12 heteroatoms. The molecule has 5 aromatic rings. The number of anilines is 2. The van der Waals surface area contributed by atoms with E-state index in [1.807, 2.05) is 47.1 Å². The second-order valence-corrected chi connectivity index (χ2v) is 24.1. The zero-order valence-corrected chi connectivity index (χ0v) is 45.8. The van der Waals surface area contributed by atoms with Gasteiger partial charge in [0.05, 0.1) is 23.8 Å². The van der Waals surface area contributed by atoms with Crippen LogP contribution < -0.4 is 10.1 Å². The number of carbonyl (C=O) groups is 2. The van der Waals surface area contributed by atoms with Gasteiger partial charge in [0.25, 0.3) is 11.8 Å². The molecule has 1 N–H and O–H groups in total. The third-order valence-electron chi connectivity index (χ3n) is 18.1. The summed E-state index contributed by atoms with van der Waals surface area (Å²) in [5.41, 5.74) is 8.57. The molecule has 74 heavy (non-hydrogen) atoms. The van der Waals surface area contributed by atoms with E-state index >= 15 is 0 Å². The fraction of sp³-hybridized carbons (Fsp3) is 0.645. The van der Waals surface area contributed by atoms with E-state index in [-0.39, 0.29) is 11.8 Å². The summed E-state index contributed by atoms with van der Waals surface area (Å²) in [5, 5.41) is 13.9. The van der Waals surface area contributed by atoms with Crippen molar-refractivity contribution in [3.8, 4) is 5.75 Å². The Morgan fingerprint density at radius 3 is 2.03 bits per heavy atom.